The Hall–Kier alpha value is -0.510. The second kappa shape index (κ2) is 6.06. The van der Waals surface area contributed by atoms with Gasteiger partial charge in [-0.3, -0.25) is 0 Å². The third-order valence-corrected chi connectivity index (χ3v) is 3.75. The number of hydrogen-bond acceptors (Lipinski definition) is 1. The topological polar surface area (TPSA) is 23.8 Å². The maximum Gasteiger partial charge on any atom is 0.0624 e. The van der Waals surface area contributed by atoms with Crippen LogP contribution in [0.4, 0.5) is 0 Å². The number of nitrogens with zero attached hydrogens (tertiary/aromatic N) is 1. The van der Waals surface area contributed by atoms with Gasteiger partial charge in [0, 0.05) is 6.42 Å². The minimum Gasteiger partial charge on any atom is -0.198 e. The molecule has 0 aromatic carbocycles. The largest absolute Gasteiger partial charge is 0.198 e. The Morgan fingerprint density at radius 1 is 1.43 bits per heavy atom. The molecule has 1 saturated carbocycles. The third-order valence-electron chi connectivity index (χ3n) is 3.75. The summed E-state index contributed by atoms with van der Waals surface area (Å²) in [4.78, 5) is 0. The zero-order valence-corrected chi connectivity index (χ0v) is 9.63. The summed E-state index contributed by atoms with van der Waals surface area (Å²) in [6, 6.07) is 2.33. The first-order valence-electron chi connectivity index (χ1n) is 6.14. The average Bonchev–Trinajstić information content (AvgIpc) is 2.19. The van der Waals surface area contributed by atoms with Crippen molar-refractivity contribution >= 4 is 0 Å². The van der Waals surface area contributed by atoms with Crippen molar-refractivity contribution < 1.29 is 0 Å². The summed E-state index contributed by atoms with van der Waals surface area (Å²) in [6.45, 7) is 4.66. The van der Waals surface area contributed by atoms with Crippen LogP contribution in [0.5, 0.6) is 0 Å². The molecular weight excluding hydrogens is 170 g/mol. The maximum absolute atomic E-state index is 8.70. The summed E-state index contributed by atoms with van der Waals surface area (Å²) in [5, 5.41) is 8.70. The SMILES string of the molecule is CCC[C@H](C)C1CCCC(CC#N)C1. The number of nitriles is 1. The van der Waals surface area contributed by atoms with Crippen LogP contribution in [0.25, 0.3) is 0 Å². The van der Waals surface area contributed by atoms with Gasteiger partial charge in [-0.05, 0) is 30.6 Å². The molecule has 0 spiro atoms. The maximum atomic E-state index is 8.70. The highest BCUT2D eigenvalue weighted by Gasteiger charge is 2.25. The Morgan fingerprint density at radius 3 is 2.86 bits per heavy atom. The molecule has 1 aliphatic rings. The van der Waals surface area contributed by atoms with Crippen LogP contribution in [-0.4, -0.2) is 0 Å². The molecule has 1 heteroatoms. The fourth-order valence-corrected chi connectivity index (χ4v) is 2.85. The van der Waals surface area contributed by atoms with Gasteiger partial charge in [-0.15, -0.1) is 0 Å². The molecule has 0 aromatic heterocycles. The van der Waals surface area contributed by atoms with Gasteiger partial charge < -0.3 is 0 Å². The summed E-state index contributed by atoms with van der Waals surface area (Å²) in [5.74, 6) is 2.49. The first-order chi connectivity index (χ1) is 6.77. The van der Waals surface area contributed by atoms with Gasteiger partial charge in [0.1, 0.15) is 0 Å². The van der Waals surface area contributed by atoms with Crippen LogP contribution >= 0.6 is 0 Å². The quantitative estimate of drug-likeness (QED) is 0.658. The van der Waals surface area contributed by atoms with E-state index in [1.54, 1.807) is 0 Å². The van der Waals surface area contributed by atoms with Gasteiger partial charge in [0.25, 0.3) is 0 Å². The standard InChI is InChI=1S/C13H23N/c1-3-5-11(2)13-7-4-6-12(10-13)8-9-14/h11-13H,3-8,10H2,1-2H3/t11-,12?,13?/m0/s1. The van der Waals surface area contributed by atoms with E-state index in [0.29, 0.717) is 5.92 Å². The summed E-state index contributed by atoms with van der Waals surface area (Å²) >= 11 is 0. The molecular formula is C13H23N. The van der Waals surface area contributed by atoms with Crippen molar-refractivity contribution in [2.75, 3.05) is 0 Å². The van der Waals surface area contributed by atoms with E-state index >= 15 is 0 Å². The first-order valence-corrected chi connectivity index (χ1v) is 6.14. The van der Waals surface area contributed by atoms with E-state index < -0.39 is 0 Å². The molecule has 2 unspecified atom stereocenters. The molecule has 0 amide bonds. The first kappa shape index (κ1) is 11.6. The Kier molecular flexibility index (Phi) is 5.01. The molecule has 0 heterocycles. The van der Waals surface area contributed by atoms with Gasteiger partial charge in [-0.25, -0.2) is 0 Å². The van der Waals surface area contributed by atoms with E-state index in [9.17, 15) is 0 Å². The lowest BCUT2D eigenvalue weighted by molar-refractivity contribution is 0.199. The lowest BCUT2D eigenvalue weighted by atomic mass is 9.74. The second-order valence-electron chi connectivity index (χ2n) is 4.92. The van der Waals surface area contributed by atoms with Crippen LogP contribution in [0.1, 0.15) is 58.8 Å². The van der Waals surface area contributed by atoms with E-state index in [1.807, 2.05) is 0 Å². The molecule has 0 bridgehead atoms. The minimum absolute atomic E-state index is 0.707. The highest BCUT2D eigenvalue weighted by atomic mass is 14.3. The summed E-state index contributed by atoms with van der Waals surface area (Å²) in [5.41, 5.74) is 0. The molecule has 80 valence electrons. The molecule has 1 rings (SSSR count). The fourth-order valence-electron chi connectivity index (χ4n) is 2.85. The van der Waals surface area contributed by atoms with E-state index in [1.165, 1.54) is 38.5 Å². The lowest BCUT2D eigenvalue weighted by Crippen LogP contribution is -2.21. The minimum atomic E-state index is 0.707. The molecule has 0 aromatic rings. The van der Waals surface area contributed by atoms with Gasteiger partial charge in [-0.2, -0.15) is 5.26 Å². The van der Waals surface area contributed by atoms with Gasteiger partial charge in [0.2, 0.25) is 0 Å². The van der Waals surface area contributed by atoms with Crippen LogP contribution in [0, 0.1) is 29.1 Å². The number of rotatable bonds is 4. The Bertz CT molecular complexity index is 192. The van der Waals surface area contributed by atoms with Crippen LogP contribution in [0.15, 0.2) is 0 Å². The summed E-state index contributed by atoms with van der Waals surface area (Å²) in [7, 11) is 0. The summed E-state index contributed by atoms with van der Waals surface area (Å²) in [6.07, 6.45) is 8.83. The zero-order valence-electron chi connectivity index (χ0n) is 9.63. The smallest absolute Gasteiger partial charge is 0.0624 e. The van der Waals surface area contributed by atoms with Gasteiger partial charge in [0.05, 0.1) is 6.07 Å². The van der Waals surface area contributed by atoms with Crippen molar-refractivity contribution in [3.63, 3.8) is 0 Å². The van der Waals surface area contributed by atoms with E-state index in [2.05, 4.69) is 19.9 Å². The molecule has 0 N–H and O–H groups in total. The highest BCUT2D eigenvalue weighted by molar-refractivity contribution is 4.82. The van der Waals surface area contributed by atoms with Gasteiger partial charge in [-0.1, -0.05) is 39.5 Å². The van der Waals surface area contributed by atoms with Crippen molar-refractivity contribution in [1.82, 2.24) is 0 Å². The van der Waals surface area contributed by atoms with E-state index in [4.69, 9.17) is 5.26 Å². The molecule has 1 aliphatic carbocycles. The molecule has 3 atom stereocenters. The average molecular weight is 193 g/mol. The van der Waals surface area contributed by atoms with E-state index in [0.717, 1.165) is 18.3 Å². The molecule has 1 fully saturated rings. The second-order valence-corrected chi connectivity index (χ2v) is 4.92. The third kappa shape index (κ3) is 3.33. The zero-order chi connectivity index (χ0) is 10.4. The lowest BCUT2D eigenvalue weighted by Gasteiger charge is -2.32. The van der Waals surface area contributed by atoms with Crippen molar-refractivity contribution in [2.45, 2.75) is 58.8 Å². The Balaban J connectivity index is 2.35. The monoisotopic (exact) mass is 193 g/mol. The molecule has 1 nitrogen and oxygen atoms in total. The van der Waals surface area contributed by atoms with Crippen LogP contribution < -0.4 is 0 Å². The fraction of sp³-hybridized carbons (Fsp3) is 0.923. The van der Waals surface area contributed by atoms with Gasteiger partial charge in [0.15, 0.2) is 0 Å². The summed E-state index contributed by atoms with van der Waals surface area (Å²) < 4.78 is 0. The molecule has 0 saturated heterocycles. The van der Waals surface area contributed by atoms with Gasteiger partial charge >= 0.3 is 0 Å². The van der Waals surface area contributed by atoms with Crippen molar-refractivity contribution in [1.29, 1.82) is 5.26 Å². The van der Waals surface area contributed by atoms with Crippen LogP contribution in [0.3, 0.4) is 0 Å². The predicted molar refractivity (Wildman–Crippen MR) is 59.8 cm³/mol. The predicted octanol–water partition coefficient (Wildman–Crippen LogP) is 4.14. The number of hydrogen-bond donors (Lipinski definition) is 0. The Labute approximate surface area is 88.5 Å². The van der Waals surface area contributed by atoms with Crippen molar-refractivity contribution in [3.05, 3.63) is 0 Å². The van der Waals surface area contributed by atoms with Crippen LogP contribution in [-0.2, 0) is 0 Å². The normalized spacial score (nSPS) is 29.5. The van der Waals surface area contributed by atoms with Crippen molar-refractivity contribution in [3.8, 4) is 6.07 Å². The highest BCUT2D eigenvalue weighted by Crippen LogP contribution is 2.36. The molecule has 14 heavy (non-hydrogen) atoms. The molecule has 0 radical (unpaired) electrons. The van der Waals surface area contributed by atoms with Crippen molar-refractivity contribution in [2.24, 2.45) is 17.8 Å². The Morgan fingerprint density at radius 2 is 2.21 bits per heavy atom. The molecule has 0 aliphatic heterocycles. The van der Waals surface area contributed by atoms with Crippen LogP contribution in [0.2, 0.25) is 0 Å². The van der Waals surface area contributed by atoms with E-state index in [-0.39, 0.29) is 0 Å².